The number of thioether (sulfide) groups is 1. The molecule has 3 rings (SSSR count). The fraction of sp³-hybridized carbons (Fsp3) is 0.154. The first-order chi connectivity index (χ1) is 8.85. The zero-order chi connectivity index (χ0) is 12.4. The zero-order valence-corrected chi connectivity index (χ0v) is 11.6. The highest BCUT2D eigenvalue weighted by Crippen LogP contribution is 2.18. The van der Waals surface area contributed by atoms with Gasteiger partial charge < -0.3 is 5.32 Å². The van der Waals surface area contributed by atoms with Crippen molar-refractivity contribution >= 4 is 33.7 Å². The van der Waals surface area contributed by atoms with Gasteiger partial charge in [-0.25, -0.2) is 4.98 Å². The molecule has 2 heterocycles. The number of aromatic nitrogens is 2. The summed E-state index contributed by atoms with van der Waals surface area (Å²) in [6.07, 6.45) is 6.18. The molecule has 0 radical (unpaired) electrons. The topological polar surface area (TPSA) is 29.3 Å². The SMILES string of the molecule is CSc1ccc(NCc2cn3ccsc3n2)cc1. The van der Waals surface area contributed by atoms with Crippen molar-refractivity contribution < 1.29 is 0 Å². The summed E-state index contributed by atoms with van der Waals surface area (Å²) in [4.78, 5) is 6.86. The van der Waals surface area contributed by atoms with E-state index in [0.29, 0.717) is 0 Å². The van der Waals surface area contributed by atoms with Crippen LogP contribution in [0.3, 0.4) is 0 Å². The fourth-order valence-electron chi connectivity index (χ4n) is 1.76. The van der Waals surface area contributed by atoms with Gasteiger partial charge in [0.05, 0.1) is 12.2 Å². The second kappa shape index (κ2) is 5.04. The maximum atomic E-state index is 4.54. The van der Waals surface area contributed by atoms with Crippen LogP contribution in [0.15, 0.2) is 46.9 Å². The molecule has 92 valence electrons. The molecule has 0 fully saturated rings. The molecule has 0 unspecified atom stereocenters. The van der Waals surface area contributed by atoms with Gasteiger partial charge in [0.25, 0.3) is 0 Å². The monoisotopic (exact) mass is 275 g/mol. The Labute approximate surface area is 114 Å². The number of nitrogens with one attached hydrogen (secondary N) is 1. The van der Waals surface area contributed by atoms with Gasteiger partial charge in [-0.3, -0.25) is 4.40 Å². The van der Waals surface area contributed by atoms with Gasteiger partial charge in [-0.15, -0.1) is 23.1 Å². The normalized spacial score (nSPS) is 10.9. The van der Waals surface area contributed by atoms with Crippen molar-refractivity contribution in [2.75, 3.05) is 11.6 Å². The molecule has 5 heteroatoms. The fourth-order valence-corrected chi connectivity index (χ4v) is 2.89. The maximum absolute atomic E-state index is 4.54. The first kappa shape index (κ1) is 11.6. The number of hydrogen-bond acceptors (Lipinski definition) is 4. The van der Waals surface area contributed by atoms with E-state index >= 15 is 0 Å². The summed E-state index contributed by atoms with van der Waals surface area (Å²) in [5.74, 6) is 0. The van der Waals surface area contributed by atoms with Gasteiger partial charge in [-0.1, -0.05) is 0 Å². The summed E-state index contributed by atoms with van der Waals surface area (Å²) in [6.45, 7) is 0.757. The highest BCUT2D eigenvalue weighted by atomic mass is 32.2. The molecule has 0 saturated heterocycles. The Bertz CT molecular complexity index is 611. The van der Waals surface area contributed by atoms with E-state index in [0.717, 1.165) is 22.9 Å². The van der Waals surface area contributed by atoms with Gasteiger partial charge in [0.2, 0.25) is 0 Å². The molecule has 3 nitrogen and oxygen atoms in total. The Hall–Kier alpha value is -1.46. The molecular weight excluding hydrogens is 262 g/mol. The number of hydrogen-bond donors (Lipinski definition) is 1. The van der Waals surface area contributed by atoms with Gasteiger partial charge >= 0.3 is 0 Å². The third kappa shape index (κ3) is 2.37. The van der Waals surface area contributed by atoms with Crippen LogP contribution in [0.4, 0.5) is 5.69 Å². The summed E-state index contributed by atoms with van der Waals surface area (Å²) in [5.41, 5.74) is 2.19. The van der Waals surface area contributed by atoms with Crippen molar-refractivity contribution in [1.29, 1.82) is 0 Å². The lowest BCUT2D eigenvalue weighted by Gasteiger charge is -2.04. The summed E-state index contributed by atoms with van der Waals surface area (Å²) in [5, 5.41) is 5.42. The van der Waals surface area contributed by atoms with E-state index in [1.165, 1.54) is 4.90 Å². The van der Waals surface area contributed by atoms with Crippen LogP contribution in [0.1, 0.15) is 5.69 Å². The molecule has 1 aromatic carbocycles. The summed E-state index contributed by atoms with van der Waals surface area (Å²) in [7, 11) is 0. The molecule has 0 aliphatic heterocycles. The molecule has 0 atom stereocenters. The maximum Gasteiger partial charge on any atom is 0.193 e. The van der Waals surface area contributed by atoms with Crippen molar-refractivity contribution in [3.8, 4) is 0 Å². The van der Waals surface area contributed by atoms with Gasteiger partial charge in [0.15, 0.2) is 4.96 Å². The molecule has 2 aromatic heterocycles. The predicted octanol–water partition coefficient (Wildman–Crippen LogP) is 3.73. The average molecular weight is 275 g/mol. The summed E-state index contributed by atoms with van der Waals surface area (Å²) in [6, 6.07) is 8.45. The Morgan fingerprint density at radius 1 is 1.33 bits per heavy atom. The Kier molecular flexibility index (Phi) is 3.25. The highest BCUT2D eigenvalue weighted by Gasteiger charge is 2.02. The van der Waals surface area contributed by atoms with E-state index in [2.05, 4.69) is 51.4 Å². The van der Waals surface area contributed by atoms with E-state index < -0.39 is 0 Å². The molecule has 1 N–H and O–H groups in total. The minimum absolute atomic E-state index is 0.757. The van der Waals surface area contributed by atoms with E-state index in [4.69, 9.17) is 0 Å². The van der Waals surface area contributed by atoms with Gasteiger partial charge in [-0.05, 0) is 30.5 Å². The quantitative estimate of drug-likeness (QED) is 0.736. The van der Waals surface area contributed by atoms with Crippen molar-refractivity contribution in [3.63, 3.8) is 0 Å². The van der Waals surface area contributed by atoms with Crippen LogP contribution in [0, 0.1) is 0 Å². The number of thiazole rings is 1. The smallest absolute Gasteiger partial charge is 0.193 e. The second-order valence-corrected chi connectivity index (χ2v) is 5.66. The third-order valence-electron chi connectivity index (χ3n) is 2.71. The molecule has 0 amide bonds. The highest BCUT2D eigenvalue weighted by molar-refractivity contribution is 7.98. The lowest BCUT2D eigenvalue weighted by atomic mass is 10.3. The lowest BCUT2D eigenvalue weighted by Crippen LogP contribution is -1.99. The molecular formula is C13H13N3S2. The number of benzene rings is 1. The Morgan fingerprint density at radius 2 is 2.17 bits per heavy atom. The van der Waals surface area contributed by atoms with Gasteiger partial charge in [0.1, 0.15) is 0 Å². The van der Waals surface area contributed by atoms with E-state index in [1.54, 1.807) is 23.1 Å². The number of nitrogens with zero attached hydrogens (tertiary/aromatic N) is 2. The lowest BCUT2D eigenvalue weighted by molar-refractivity contribution is 1.08. The second-order valence-electron chi connectivity index (χ2n) is 3.91. The van der Waals surface area contributed by atoms with Crippen LogP contribution in [-0.2, 0) is 6.54 Å². The molecule has 0 aliphatic carbocycles. The minimum atomic E-state index is 0.757. The number of rotatable bonds is 4. The van der Waals surface area contributed by atoms with Crippen LogP contribution < -0.4 is 5.32 Å². The first-order valence-electron chi connectivity index (χ1n) is 5.64. The predicted molar refractivity (Wildman–Crippen MR) is 78.6 cm³/mol. The van der Waals surface area contributed by atoms with Crippen LogP contribution in [0.5, 0.6) is 0 Å². The largest absolute Gasteiger partial charge is 0.379 e. The average Bonchev–Trinajstić information content (AvgIpc) is 2.97. The van der Waals surface area contributed by atoms with Crippen LogP contribution >= 0.6 is 23.1 Å². The number of fused-ring (bicyclic) bond motifs is 1. The summed E-state index contributed by atoms with van der Waals surface area (Å²) >= 11 is 3.41. The number of anilines is 1. The molecule has 0 bridgehead atoms. The van der Waals surface area contributed by atoms with Crippen LogP contribution in [0.25, 0.3) is 4.96 Å². The van der Waals surface area contributed by atoms with Crippen molar-refractivity contribution in [2.24, 2.45) is 0 Å². The number of imidazole rings is 1. The minimum Gasteiger partial charge on any atom is -0.379 e. The molecule has 0 saturated carbocycles. The van der Waals surface area contributed by atoms with Gasteiger partial charge in [-0.2, -0.15) is 0 Å². The van der Waals surface area contributed by atoms with E-state index in [9.17, 15) is 0 Å². The molecule has 3 aromatic rings. The zero-order valence-electron chi connectivity index (χ0n) is 9.96. The first-order valence-corrected chi connectivity index (χ1v) is 7.74. The third-order valence-corrected chi connectivity index (χ3v) is 4.22. The standard InChI is InChI=1S/C13H13N3S2/c1-17-12-4-2-10(3-5-12)14-8-11-9-16-6-7-18-13(16)15-11/h2-7,9,14H,8H2,1H3. The Morgan fingerprint density at radius 3 is 2.89 bits per heavy atom. The van der Waals surface area contributed by atoms with Crippen LogP contribution in [0.2, 0.25) is 0 Å². The van der Waals surface area contributed by atoms with E-state index in [-0.39, 0.29) is 0 Å². The van der Waals surface area contributed by atoms with Crippen molar-refractivity contribution in [2.45, 2.75) is 11.4 Å². The molecule has 0 aliphatic rings. The molecule has 18 heavy (non-hydrogen) atoms. The summed E-state index contributed by atoms with van der Waals surface area (Å²) < 4.78 is 2.05. The van der Waals surface area contributed by atoms with Crippen molar-refractivity contribution in [1.82, 2.24) is 9.38 Å². The molecule has 0 spiro atoms. The van der Waals surface area contributed by atoms with E-state index in [1.807, 2.05) is 11.6 Å². The van der Waals surface area contributed by atoms with Crippen molar-refractivity contribution in [3.05, 3.63) is 47.7 Å². The Balaban J connectivity index is 1.68. The van der Waals surface area contributed by atoms with Gasteiger partial charge in [0, 0.05) is 28.4 Å². The van der Waals surface area contributed by atoms with Crippen LogP contribution in [-0.4, -0.2) is 15.6 Å².